The van der Waals surface area contributed by atoms with Crippen molar-refractivity contribution in [2.45, 2.75) is 11.7 Å². The molecule has 1 unspecified atom stereocenters. The Balaban J connectivity index is 2.24. The van der Waals surface area contributed by atoms with Gasteiger partial charge in [0.2, 0.25) is 5.91 Å². The van der Waals surface area contributed by atoms with E-state index in [0.29, 0.717) is 5.82 Å². The minimum Gasteiger partial charge on any atom is -0.295 e. The van der Waals surface area contributed by atoms with Crippen LogP contribution in [0.25, 0.3) is 0 Å². The average Bonchev–Trinajstić information content (AvgIpc) is 2.61. The number of pyridine rings is 1. The molecule has 1 aliphatic heterocycles. The summed E-state index contributed by atoms with van der Waals surface area (Å²) >= 11 is 3.19. The second-order valence-corrected chi connectivity index (χ2v) is 6.17. The average molecular weight is 323 g/mol. The third-order valence-corrected chi connectivity index (χ3v) is 4.06. The first-order valence-electron chi connectivity index (χ1n) is 4.73. The molecule has 2 rings (SSSR count). The van der Waals surface area contributed by atoms with Crippen molar-refractivity contribution >= 4 is 37.9 Å². The van der Waals surface area contributed by atoms with Crippen molar-refractivity contribution in [3.05, 3.63) is 22.8 Å². The quantitative estimate of drug-likeness (QED) is 0.768. The number of rotatable bonds is 2. The smallest absolute Gasteiger partial charge is 0.295 e. The van der Waals surface area contributed by atoms with Crippen LogP contribution in [0.15, 0.2) is 22.8 Å². The second kappa shape index (κ2) is 4.34. The van der Waals surface area contributed by atoms with Gasteiger partial charge in [0.1, 0.15) is 11.1 Å². The molecule has 1 aromatic rings. The molecular formula is C9H8BrFN2O3S. The number of halogens is 2. The molecule has 17 heavy (non-hydrogen) atoms. The fourth-order valence-electron chi connectivity index (χ4n) is 1.61. The maximum Gasteiger partial charge on any atom is 0.307 e. The number of anilines is 1. The zero-order valence-electron chi connectivity index (χ0n) is 8.51. The van der Waals surface area contributed by atoms with Crippen LogP contribution in [0.2, 0.25) is 0 Å². The monoisotopic (exact) mass is 322 g/mol. The number of carbonyl (C=O) groups excluding carboxylic acids is 1. The van der Waals surface area contributed by atoms with E-state index >= 15 is 0 Å². The van der Waals surface area contributed by atoms with Gasteiger partial charge < -0.3 is 0 Å². The van der Waals surface area contributed by atoms with Crippen LogP contribution in [-0.4, -0.2) is 31.1 Å². The lowest BCUT2D eigenvalue weighted by molar-refractivity contribution is -0.117. The SMILES string of the molecule is O=C1CC(S(=O)(=O)F)CN1c1ccc(Br)cn1. The van der Waals surface area contributed by atoms with Crippen LogP contribution in [0.1, 0.15) is 6.42 Å². The van der Waals surface area contributed by atoms with Gasteiger partial charge in [-0.2, -0.15) is 8.42 Å². The first kappa shape index (κ1) is 12.4. The lowest BCUT2D eigenvalue weighted by atomic mass is 10.4. The predicted molar refractivity (Wildman–Crippen MR) is 62.7 cm³/mol. The number of hydrogen-bond donors (Lipinski definition) is 0. The summed E-state index contributed by atoms with van der Waals surface area (Å²) in [5.41, 5.74) is 0. The van der Waals surface area contributed by atoms with Gasteiger partial charge in [0.15, 0.2) is 0 Å². The summed E-state index contributed by atoms with van der Waals surface area (Å²) in [5, 5.41) is -1.29. The van der Waals surface area contributed by atoms with Gasteiger partial charge in [-0.15, -0.1) is 3.89 Å². The molecule has 1 atom stereocenters. The molecule has 1 aromatic heterocycles. The highest BCUT2D eigenvalue weighted by Crippen LogP contribution is 2.24. The Morgan fingerprint density at radius 1 is 1.47 bits per heavy atom. The molecule has 5 nitrogen and oxygen atoms in total. The van der Waals surface area contributed by atoms with Gasteiger partial charge in [0.25, 0.3) is 0 Å². The fraction of sp³-hybridized carbons (Fsp3) is 0.333. The van der Waals surface area contributed by atoms with Crippen molar-refractivity contribution in [1.29, 1.82) is 0 Å². The van der Waals surface area contributed by atoms with Crippen LogP contribution in [0, 0.1) is 0 Å². The highest BCUT2D eigenvalue weighted by Gasteiger charge is 2.39. The number of nitrogens with zero attached hydrogens (tertiary/aromatic N) is 2. The molecule has 0 aromatic carbocycles. The molecule has 1 saturated heterocycles. The molecule has 0 N–H and O–H groups in total. The number of aromatic nitrogens is 1. The Labute approximate surface area is 106 Å². The van der Waals surface area contributed by atoms with Gasteiger partial charge in [0, 0.05) is 23.6 Å². The van der Waals surface area contributed by atoms with Crippen LogP contribution in [0.5, 0.6) is 0 Å². The van der Waals surface area contributed by atoms with Crippen LogP contribution in [0.4, 0.5) is 9.70 Å². The molecule has 0 radical (unpaired) electrons. The highest BCUT2D eigenvalue weighted by molar-refractivity contribution is 9.10. The van der Waals surface area contributed by atoms with E-state index in [1.165, 1.54) is 11.1 Å². The normalized spacial score (nSPS) is 20.9. The molecule has 0 saturated carbocycles. The van der Waals surface area contributed by atoms with Crippen molar-refractivity contribution in [3.8, 4) is 0 Å². The summed E-state index contributed by atoms with van der Waals surface area (Å²) in [6.45, 7) is -0.188. The Morgan fingerprint density at radius 2 is 2.18 bits per heavy atom. The van der Waals surface area contributed by atoms with Crippen LogP contribution >= 0.6 is 15.9 Å². The van der Waals surface area contributed by atoms with Gasteiger partial charge in [-0.3, -0.25) is 9.69 Å². The Morgan fingerprint density at radius 3 is 2.65 bits per heavy atom. The van der Waals surface area contributed by atoms with E-state index in [1.807, 2.05) is 0 Å². The van der Waals surface area contributed by atoms with E-state index in [0.717, 1.165) is 4.47 Å². The second-order valence-electron chi connectivity index (χ2n) is 3.64. The first-order chi connectivity index (χ1) is 7.88. The summed E-state index contributed by atoms with van der Waals surface area (Å²) in [5.74, 6) is -0.115. The van der Waals surface area contributed by atoms with Crippen molar-refractivity contribution in [2.75, 3.05) is 11.4 Å². The lowest BCUT2D eigenvalue weighted by Crippen LogP contribution is -2.27. The lowest BCUT2D eigenvalue weighted by Gasteiger charge is -2.14. The molecule has 8 heteroatoms. The van der Waals surface area contributed by atoms with E-state index in [2.05, 4.69) is 20.9 Å². The molecule has 0 bridgehead atoms. The maximum absolute atomic E-state index is 12.8. The van der Waals surface area contributed by atoms with Crippen LogP contribution in [-0.2, 0) is 15.0 Å². The van der Waals surface area contributed by atoms with Gasteiger partial charge in [0.05, 0.1) is 0 Å². The van der Waals surface area contributed by atoms with E-state index in [1.54, 1.807) is 12.1 Å². The van der Waals surface area contributed by atoms with Crippen LogP contribution in [0.3, 0.4) is 0 Å². The number of hydrogen-bond acceptors (Lipinski definition) is 4. The molecular weight excluding hydrogens is 315 g/mol. The maximum atomic E-state index is 12.8. The van der Waals surface area contributed by atoms with E-state index in [4.69, 9.17) is 0 Å². The Bertz CT molecular complexity index is 546. The molecule has 1 amide bonds. The number of amides is 1. The van der Waals surface area contributed by atoms with E-state index < -0.39 is 21.4 Å². The zero-order valence-corrected chi connectivity index (χ0v) is 10.9. The molecule has 1 aliphatic rings. The van der Waals surface area contributed by atoms with Crippen molar-refractivity contribution < 1.29 is 17.1 Å². The standard InChI is InChI=1S/C9H8BrFN2O3S/c10-6-1-2-8(12-4-6)13-5-7(3-9(13)14)17(11,15)16/h1-2,4,7H,3,5H2. The van der Waals surface area contributed by atoms with Gasteiger partial charge in [-0.1, -0.05) is 0 Å². The molecule has 1 fully saturated rings. The van der Waals surface area contributed by atoms with E-state index in [9.17, 15) is 17.1 Å². The van der Waals surface area contributed by atoms with Gasteiger partial charge >= 0.3 is 10.2 Å². The van der Waals surface area contributed by atoms with Crippen molar-refractivity contribution in [1.82, 2.24) is 4.98 Å². The highest BCUT2D eigenvalue weighted by atomic mass is 79.9. The Kier molecular flexibility index (Phi) is 3.17. The third-order valence-electron chi connectivity index (χ3n) is 2.48. The fourth-order valence-corrected chi connectivity index (χ4v) is 2.52. The minimum absolute atomic E-state index is 0.188. The first-order valence-corrected chi connectivity index (χ1v) is 6.97. The van der Waals surface area contributed by atoms with E-state index in [-0.39, 0.29) is 13.0 Å². The summed E-state index contributed by atoms with van der Waals surface area (Å²) in [7, 11) is -4.68. The molecule has 0 spiro atoms. The van der Waals surface area contributed by atoms with Crippen LogP contribution < -0.4 is 4.90 Å². The largest absolute Gasteiger partial charge is 0.307 e. The summed E-state index contributed by atoms with van der Waals surface area (Å²) in [6.07, 6.45) is 1.15. The molecule has 2 heterocycles. The zero-order chi connectivity index (χ0) is 12.6. The third kappa shape index (κ3) is 2.63. The van der Waals surface area contributed by atoms with Crippen molar-refractivity contribution in [2.24, 2.45) is 0 Å². The minimum atomic E-state index is -4.68. The number of carbonyl (C=O) groups is 1. The molecule has 92 valence electrons. The molecule has 0 aliphatic carbocycles. The van der Waals surface area contributed by atoms with Crippen molar-refractivity contribution in [3.63, 3.8) is 0 Å². The predicted octanol–water partition coefficient (Wildman–Crippen LogP) is 1.25. The summed E-state index contributed by atoms with van der Waals surface area (Å²) in [6, 6.07) is 3.24. The topological polar surface area (TPSA) is 67.3 Å². The Hall–Kier alpha value is -1.02. The van der Waals surface area contributed by atoms with Gasteiger partial charge in [-0.25, -0.2) is 4.98 Å². The summed E-state index contributed by atoms with van der Waals surface area (Å²) < 4.78 is 35.0. The summed E-state index contributed by atoms with van der Waals surface area (Å²) in [4.78, 5) is 16.7. The van der Waals surface area contributed by atoms with Gasteiger partial charge in [-0.05, 0) is 28.1 Å².